The van der Waals surface area contributed by atoms with Crippen LogP contribution in [0.3, 0.4) is 0 Å². The number of aldehydes is 1. The van der Waals surface area contributed by atoms with Crippen molar-refractivity contribution >= 4 is 59.3 Å². The molecule has 3 saturated heterocycles. The van der Waals surface area contributed by atoms with Crippen LogP contribution < -0.4 is 4.90 Å². The molecule has 8 rings (SSSR count). The molecule has 24 heteroatoms. The number of hydrogen-bond donors (Lipinski definition) is 3. The van der Waals surface area contributed by atoms with Crippen molar-refractivity contribution < 1.29 is 55.9 Å². The Kier molecular flexibility index (Phi) is 31.5. The summed E-state index contributed by atoms with van der Waals surface area (Å²) < 4.78 is 76.4. The van der Waals surface area contributed by atoms with Gasteiger partial charge in [0.1, 0.15) is 34.1 Å². The number of aliphatic hydroxyl groups excluding tert-OH is 1. The lowest BCUT2D eigenvalue weighted by Crippen LogP contribution is -2.43. The van der Waals surface area contributed by atoms with Crippen LogP contribution in [0, 0.1) is 35.2 Å². The third-order valence-electron chi connectivity index (χ3n) is 12.7. The van der Waals surface area contributed by atoms with Gasteiger partial charge in [0.25, 0.3) is 5.91 Å². The minimum atomic E-state index is -4.54. The maximum atomic E-state index is 13.3. The number of aromatic nitrogens is 4. The summed E-state index contributed by atoms with van der Waals surface area (Å²) in [6.07, 6.45) is 6.82. The molecule has 428 valence electrons. The van der Waals surface area contributed by atoms with Crippen molar-refractivity contribution in [2.75, 3.05) is 57.8 Å². The Balaban J connectivity index is 0.000000613. The maximum absolute atomic E-state index is 13.3. The fourth-order valence-corrected chi connectivity index (χ4v) is 8.55. The lowest BCUT2D eigenvalue weighted by Gasteiger charge is -2.34. The SMILES string of the molecule is C.C.C.C.CB(O)N1CCC(C(O)c2ccc(F)cn2)CC1.CB(O)N1CCC(C=O)CC1.CN(c1ccncc1)c1ccc(C(=O)N2CCC(/C(=N\OCC(F)(F)F)c3ccc(F)cn3)CC2)cc1.Fc1ccc(Br)nc1. The summed E-state index contributed by atoms with van der Waals surface area (Å²) in [6.45, 7) is 5.95. The normalized spacial score (nSPS) is 15.7. The van der Waals surface area contributed by atoms with E-state index in [1.165, 1.54) is 24.3 Å². The Morgan fingerprint density at radius 1 is 0.744 bits per heavy atom. The first-order valence-corrected chi connectivity index (χ1v) is 24.9. The van der Waals surface area contributed by atoms with Gasteiger partial charge >= 0.3 is 20.3 Å². The summed E-state index contributed by atoms with van der Waals surface area (Å²) >= 11 is 3.07. The Hall–Kier alpha value is -5.78. The van der Waals surface area contributed by atoms with Gasteiger partial charge in [0.05, 0.1) is 36.1 Å². The van der Waals surface area contributed by atoms with E-state index in [9.17, 15) is 51.1 Å². The molecule has 0 saturated carbocycles. The van der Waals surface area contributed by atoms with E-state index < -0.39 is 37.6 Å². The molecule has 0 aliphatic carbocycles. The van der Waals surface area contributed by atoms with Crippen LogP contribution in [-0.2, 0) is 9.63 Å². The lowest BCUT2D eigenvalue weighted by atomic mass is 9.79. The minimum absolute atomic E-state index is 0. The molecule has 0 radical (unpaired) electrons. The van der Waals surface area contributed by atoms with Crippen LogP contribution in [0.2, 0.25) is 13.6 Å². The van der Waals surface area contributed by atoms with Crippen LogP contribution in [0.4, 0.5) is 37.7 Å². The Morgan fingerprint density at radius 2 is 1.24 bits per heavy atom. The van der Waals surface area contributed by atoms with E-state index >= 15 is 0 Å². The molecular formula is C54H76B2BrF6N9O6. The quantitative estimate of drug-likeness (QED) is 0.0268. The molecule has 4 aromatic heterocycles. The standard InChI is InChI=1S/C26H25F4N5O2.C12H18BFN2O2.C7H14BNO2.C5H3BrFN.4CH4/c1-34(22-8-12-31-13-9-22)21-5-2-19(3-6-21)25(36)35-14-10-18(11-15-35)24(33-37-17-26(28,29)30)23-7-4-20(27)16-32-23;1-13(18)16-6-4-9(5-7-16)12(17)11-3-2-10(14)8-15-11;1-8(11)9-4-2-7(6-10)3-5-9;6-5-2-1-4(7)3-8-5;;;;/h2-9,12-13,16,18H,10-11,14-15,17H2,1H3;2-3,8-9,12,17-18H,4-7H2,1H3;6-7,11H,2-5H2,1H3;1-3H;4*1H4/b33-24+;;;;;;;. The number of hydrogen-bond acceptors (Lipinski definition) is 14. The first-order valence-electron chi connectivity index (χ1n) is 24.1. The summed E-state index contributed by atoms with van der Waals surface area (Å²) in [5.41, 5.74) is 3.37. The second kappa shape index (κ2) is 35.0. The molecule has 0 bridgehead atoms. The van der Waals surface area contributed by atoms with Crippen LogP contribution in [0.15, 0.2) is 114 Å². The van der Waals surface area contributed by atoms with Crippen LogP contribution in [0.1, 0.15) is 96.1 Å². The molecule has 15 nitrogen and oxygen atoms in total. The number of likely N-dealkylation sites (tertiary alicyclic amines) is 1. The average Bonchev–Trinajstić information content (AvgIpc) is 3.41. The monoisotopic (exact) mass is 1160 g/mol. The van der Waals surface area contributed by atoms with Crippen LogP contribution in [-0.4, -0.2) is 141 Å². The zero-order valence-corrected chi connectivity index (χ0v) is 42.9. The molecule has 1 aromatic carbocycles. The summed E-state index contributed by atoms with van der Waals surface area (Å²) in [7, 11) is 1.12. The highest BCUT2D eigenvalue weighted by atomic mass is 79.9. The highest BCUT2D eigenvalue weighted by molar-refractivity contribution is 9.10. The molecule has 0 spiro atoms. The topological polar surface area (TPSA) is 181 Å². The third kappa shape index (κ3) is 22.9. The zero-order valence-electron chi connectivity index (χ0n) is 41.3. The number of benzene rings is 1. The molecule has 5 aromatic rings. The number of aliphatic hydroxyl groups is 1. The average molecular weight is 1160 g/mol. The van der Waals surface area contributed by atoms with Gasteiger partial charge in [-0.15, -0.1) is 0 Å². The second-order valence-corrected chi connectivity index (χ2v) is 18.7. The maximum Gasteiger partial charge on any atom is 0.425 e. The highest BCUT2D eigenvalue weighted by Gasteiger charge is 2.32. The van der Waals surface area contributed by atoms with Crippen molar-refractivity contribution in [1.82, 2.24) is 34.5 Å². The molecule has 1 atom stereocenters. The Bertz CT molecular complexity index is 2450. The van der Waals surface area contributed by atoms with E-state index in [0.717, 1.165) is 94.2 Å². The zero-order chi connectivity index (χ0) is 53.8. The summed E-state index contributed by atoms with van der Waals surface area (Å²) in [6, 6.07) is 19.3. The van der Waals surface area contributed by atoms with Crippen molar-refractivity contribution in [3.05, 3.63) is 143 Å². The van der Waals surface area contributed by atoms with E-state index in [4.69, 9.17) is 0 Å². The smallest absolute Gasteiger partial charge is 0.425 e. The summed E-state index contributed by atoms with van der Waals surface area (Å²) in [5.74, 6) is -1.36. The van der Waals surface area contributed by atoms with Gasteiger partial charge in [-0.25, -0.2) is 18.2 Å². The lowest BCUT2D eigenvalue weighted by molar-refractivity contribution is -0.173. The van der Waals surface area contributed by atoms with Crippen LogP contribution >= 0.6 is 15.9 Å². The van der Waals surface area contributed by atoms with Gasteiger partial charge in [-0.2, -0.15) is 13.2 Å². The molecular weight excluding hydrogens is 1090 g/mol. The number of rotatable bonds is 12. The van der Waals surface area contributed by atoms with Crippen molar-refractivity contribution in [2.45, 2.75) is 94.2 Å². The van der Waals surface area contributed by atoms with Crippen molar-refractivity contribution in [3.63, 3.8) is 0 Å². The first kappa shape index (κ1) is 70.2. The van der Waals surface area contributed by atoms with Gasteiger partial charge in [0.15, 0.2) is 0 Å². The van der Waals surface area contributed by atoms with Gasteiger partial charge in [0.2, 0.25) is 6.61 Å². The predicted molar refractivity (Wildman–Crippen MR) is 300 cm³/mol. The van der Waals surface area contributed by atoms with E-state index in [2.05, 4.69) is 45.9 Å². The number of carbonyl (C=O) groups excluding carboxylic acids is 2. The molecule has 3 aliphatic heterocycles. The molecule has 1 amide bonds. The number of alkyl halides is 3. The molecule has 3 fully saturated rings. The summed E-state index contributed by atoms with van der Waals surface area (Å²) in [5, 5.41) is 32.5. The fourth-order valence-electron chi connectivity index (χ4n) is 8.32. The van der Waals surface area contributed by atoms with E-state index in [0.29, 0.717) is 41.8 Å². The third-order valence-corrected chi connectivity index (χ3v) is 13.2. The van der Waals surface area contributed by atoms with E-state index in [1.54, 1.807) is 49.1 Å². The van der Waals surface area contributed by atoms with Gasteiger partial charge in [-0.3, -0.25) is 19.7 Å². The Morgan fingerprint density at radius 3 is 1.69 bits per heavy atom. The number of carbonyl (C=O) groups is 2. The number of pyridine rings is 4. The first-order chi connectivity index (χ1) is 35.3. The summed E-state index contributed by atoms with van der Waals surface area (Å²) in [4.78, 5) is 51.1. The minimum Gasteiger partial charge on any atom is -0.437 e. The van der Waals surface area contributed by atoms with Gasteiger partial charge in [-0.1, -0.05) is 34.9 Å². The van der Waals surface area contributed by atoms with Gasteiger partial charge in [-0.05, 0) is 173 Å². The van der Waals surface area contributed by atoms with Crippen molar-refractivity contribution in [1.29, 1.82) is 0 Å². The molecule has 7 heterocycles. The number of anilines is 2. The fraction of sp³-hybridized carbons (Fsp3) is 0.463. The van der Waals surface area contributed by atoms with Crippen molar-refractivity contribution in [3.8, 4) is 0 Å². The highest BCUT2D eigenvalue weighted by Crippen LogP contribution is 2.31. The van der Waals surface area contributed by atoms with E-state index in [-0.39, 0.29) is 77.6 Å². The van der Waals surface area contributed by atoms with Crippen LogP contribution in [0.5, 0.6) is 0 Å². The van der Waals surface area contributed by atoms with Gasteiger partial charge < -0.3 is 44.2 Å². The number of halogens is 7. The predicted octanol–water partition coefficient (Wildman–Crippen LogP) is 10.8. The Labute approximate surface area is 465 Å². The van der Waals surface area contributed by atoms with E-state index in [1.807, 2.05) is 45.8 Å². The van der Waals surface area contributed by atoms with Crippen LogP contribution in [0.25, 0.3) is 0 Å². The second-order valence-electron chi connectivity index (χ2n) is 17.9. The number of oxime groups is 1. The molecule has 3 aliphatic rings. The number of nitrogens with zero attached hydrogens (tertiary/aromatic N) is 9. The number of piperidine rings is 3. The molecule has 3 N–H and O–H groups in total. The molecule has 78 heavy (non-hydrogen) atoms. The van der Waals surface area contributed by atoms with Gasteiger partial charge in [0, 0.05) is 61.3 Å². The largest absolute Gasteiger partial charge is 0.437 e. The van der Waals surface area contributed by atoms with Crippen molar-refractivity contribution in [2.24, 2.45) is 22.9 Å². The number of amides is 1. The molecule has 1 unspecified atom stereocenters.